The van der Waals surface area contributed by atoms with Gasteiger partial charge in [0, 0.05) is 36.5 Å². The van der Waals surface area contributed by atoms with E-state index in [1.165, 1.54) is 0 Å². The van der Waals surface area contributed by atoms with Crippen molar-refractivity contribution in [2.75, 3.05) is 18.0 Å². The average molecular weight is 378 g/mol. The molecule has 1 atom stereocenters. The zero-order valence-electron chi connectivity index (χ0n) is 15.4. The van der Waals surface area contributed by atoms with Gasteiger partial charge in [-0.3, -0.25) is 0 Å². The Morgan fingerprint density at radius 1 is 1.04 bits per heavy atom. The first-order chi connectivity index (χ1) is 13.7. The summed E-state index contributed by atoms with van der Waals surface area (Å²) in [5.41, 5.74) is 1.78. The molecule has 1 aromatic heterocycles. The summed E-state index contributed by atoms with van der Waals surface area (Å²) in [6.07, 6.45) is 2.68. The van der Waals surface area contributed by atoms with Crippen LogP contribution in [-0.4, -0.2) is 34.4 Å². The van der Waals surface area contributed by atoms with Gasteiger partial charge in [-0.05, 0) is 48.5 Å². The van der Waals surface area contributed by atoms with E-state index in [9.17, 15) is 10.2 Å². The summed E-state index contributed by atoms with van der Waals surface area (Å²) in [7, 11) is 0. The van der Waals surface area contributed by atoms with Crippen molar-refractivity contribution in [3.63, 3.8) is 0 Å². The Labute approximate surface area is 163 Å². The minimum absolute atomic E-state index is 0.0642. The zero-order valence-corrected chi connectivity index (χ0v) is 15.4. The molecule has 1 saturated heterocycles. The van der Waals surface area contributed by atoms with Crippen molar-refractivity contribution in [3.05, 3.63) is 72.4 Å². The predicted molar refractivity (Wildman–Crippen MR) is 106 cm³/mol. The molecule has 2 N–H and O–H groups in total. The number of ether oxygens (including phenoxy) is 2. The van der Waals surface area contributed by atoms with Crippen molar-refractivity contribution in [2.45, 2.75) is 19.1 Å². The number of anilines is 1. The van der Waals surface area contributed by atoms with Crippen LogP contribution >= 0.6 is 0 Å². The lowest BCUT2D eigenvalue weighted by molar-refractivity contribution is 0.216. The first kappa shape index (κ1) is 18.1. The highest BCUT2D eigenvalue weighted by Crippen LogP contribution is 2.31. The number of nitrogens with zero attached hydrogens (tertiary/aromatic N) is 2. The van der Waals surface area contributed by atoms with Crippen LogP contribution in [0.1, 0.15) is 12.0 Å². The molecule has 1 fully saturated rings. The van der Waals surface area contributed by atoms with Crippen molar-refractivity contribution in [1.29, 1.82) is 0 Å². The molecule has 144 valence electrons. The van der Waals surface area contributed by atoms with E-state index in [4.69, 9.17) is 9.47 Å². The Morgan fingerprint density at radius 3 is 2.61 bits per heavy atom. The van der Waals surface area contributed by atoms with E-state index < -0.39 is 0 Å². The minimum Gasteiger partial charge on any atom is -0.508 e. The molecule has 0 unspecified atom stereocenters. The van der Waals surface area contributed by atoms with Crippen LogP contribution in [0.15, 0.2) is 66.9 Å². The second kappa shape index (κ2) is 8.19. The van der Waals surface area contributed by atoms with E-state index in [0.717, 1.165) is 30.8 Å². The van der Waals surface area contributed by atoms with Gasteiger partial charge in [-0.15, -0.1) is 0 Å². The van der Waals surface area contributed by atoms with Crippen LogP contribution in [0.4, 0.5) is 5.69 Å². The maximum atomic E-state index is 9.85. The fraction of sp³-hybridized carbons (Fsp3) is 0.227. The van der Waals surface area contributed by atoms with Crippen LogP contribution in [0.25, 0.3) is 0 Å². The fourth-order valence-electron chi connectivity index (χ4n) is 3.34. The molecule has 0 amide bonds. The molecule has 2 heterocycles. The Bertz CT molecular complexity index is 916. The van der Waals surface area contributed by atoms with Gasteiger partial charge in [-0.2, -0.15) is 0 Å². The van der Waals surface area contributed by atoms with Gasteiger partial charge in [0.15, 0.2) is 0 Å². The van der Waals surface area contributed by atoms with E-state index in [2.05, 4.69) is 9.88 Å². The van der Waals surface area contributed by atoms with Crippen LogP contribution < -0.4 is 14.4 Å². The predicted octanol–water partition coefficient (Wildman–Crippen LogP) is 3.73. The second-order valence-electron chi connectivity index (χ2n) is 6.69. The first-order valence-corrected chi connectivity index (χ1v) is 9.24. The lowest BCUT2D eigenvalue weighted by atomic mass is 10.1. The van der Waals surface area contributed by atoms with Crippen LogP contribution in [0.2, 0.25) is 0 Å². The number of aromatic hydroxyl groups is 1. The molecule has 6 nitrogen and oxygen atoms in total. The van der Waals surface area contributed by atoms with Crippen molar-refractivity contribution < 1.29 is 19.7 Å². The Morgan fingerprint density at radius 2 is 1.86 bits per heavy atom. The molecule has 0 spiro atoms. The quantitative estimate of drug-likeness (QED) is 0.681. The van der Waals surface area contributed by atoms with Crippen LogP contribution in [0, 0.1) is 0 Å². The lowest BCUT2D eigenvalue weighted by Crippen LogP contribution is -2.25. The molecule has 2 aromatic carbocycles. The Hall–Kier alpha value is -3.25. The van der Waals surface area contributed by atoms with E-state index in [0.29, 0.717) is 17.4 Å². The van der Waals surface area contributed by atoms with Crippen LogP contribution in [0.5, 0.6) is 23.1 Å². The number of hydrogen-bond donors (Lipinski definition) is 2. The number of hydrogen-bond acceptors (Lipinski definition) is 6. The highest BCUT2D eigenvalue weighted by molar-refractivity contribution is 5.57. The summed E-state index contributed by atoms with van der Waals surface area (Å²) in [4.78, 5) is 6.43. The van der Waals surface area contributed by atoms with Crippen molar-refractivity contribution >= 4 is 5.69 Å². The van der Waals surface area contributed by atoms with Gasteiger partial charge in [0.05, 0.1) is 13.2 Å². The molecular weight excluding hydrogens is 356 g/mol. The minimum atomic E-state index is -0.0790. The topological polar surface area (TPSA) is 75.0 Å². The lowest BCUT2D eigenvalue weighted by Gasteiger charge is -2.22. The average Bonchev–Trinajstić information content (AvgIpc) is 3.18. The van der Waals surface area contributed by atoms with E-state index in [1.807, 2.05) is 36.4 Å². The molecule has 0 aliphatic carbocycles. The summed E-state index contributed by atoms with van der Waals surface area (Å²) < 4.78 is 11.8. The molecule has 4 rings (SSSR count). The molecule has 6 heteroatoms. The number of phenolic OH excluding ortho intramolecular Hbond substituents is 1. The maximum Gasteiger partial charge on any atom is 0.213 e. The molecule has 3 aromatic rings. The van der Waals surface area contributed by atoms with Gasteiger partial charge >= 0.3 is 0 Å². The normalized spacial score (nSPS) is 16.2. The van der Waals surface area contributed by atoms with Gasteiger partial charge in [-0.1, -0.05) is 6.07 Å². The van der Waals surface area contributed by atoms with Gasteiger partial charge < -0.3 is 24.6 Å². The smallest absolute Gasteiger partial charge is 0.213 e. The molecule has 1 aliphatic rings. The van der Waals surface area contributed by atoms with E-state index in [1.54, 1.807) is 30.5 Å². The zero-order chi connectivity index (χ0) is 19.3. The number of aromatic nitrogens is 1. The number of phenols is 1. The van der Waals surface area contributed by atoms with Crippen LogP contribution in [-0.2, 0) is 6.61 Å². The van der Waals surface area contributed by atoms with Gasteiger partial charge in [0.2, 0.25) is 5.88 Å². The van der Waals surface area contributed by atoms with E-state index >= 15 is 0 Å². The van der Waals surface area contributed by atoms with Gasteiger partial charge in [-0.25, -0.2) is 4.98 Å². The third-order valence-corrected chi connectivity index (χ3v) is 4.70. The van der Waals surface area contributed by atoms with Crippen LogP contribution in [0.3, 0.4) is 0 Å². The fourth-order valence-corrected chi connectivity index (χ4v) is 3.34. The summed E-state index contributed by atoms with van der Waals surface area (Å²) >= 11 is 0. The molecular formula is C22H22N2O4. The molecule has 0 radical (unpaired) electrons. The van der Waals surface area contributed by atoms with Crippen molar-refractivity contribution in [2.24, 2.45) is 0 Å². The molecule has 0 saturated carbocycles. The molecule has 28 heavy (non-hydrogen) atoms. The summed E-state index contributed by atoms with van der Waals surface area (Å²) in [6.45, 7) is 1.51. The molecule has 0 bridgehead atoms. The number of aliphatic hydroxyl groups excluding tert-OH is 1. The number of pyridine rings is 1. The first-order valence-electron chi connectivity index (χ1n) is 9.24. The summed E-state index contributed by atoms with van der Waals surface area (Å²) in [5, 5.41) is 19.2. The Kier molecular flexibility index (Phi) is 5.30. The monoisotopic (exact) mass is 378 g/mol. The van der Waals surface area contributed by atoms with Gasteiger partial charge in [0.25, 0.3) is 0 Å². The third-order valence-electron chi connectivity index (χ3n) is 4.70. The Balaban J connectivity index is 1.45. The standard InChI is InChI=1S/C22H22N2O4/c25-15-16-13-19(27-18-6-4-17(26)5-7-18)8-9-21(16)24-12-10-20(14-24)28-22-3-1-2-11-23-22/h1-9,11,13,20,25-26H,10,12,14-15H2/t20-/m0/s1. The highest BCUT2D eigenvalue weighted by Gasteiger charge is 2.26. The highest BCUT2D eigenvalue weighted by atomic mass is 16.5. The maximum absolute atomic E-state index is 9.85. The van der Waals surface area contributed by atoms with Crippen molar-refractivity contribution in [3.8, 4) is 23.1 Å². The van der Waals surface area contributed by atoms with E-state index in [-0.39, 0.29) is 18.5 Å². The second-order valence-corrected chi connectivity index (χ2v) is 6.69. The van der Waals surface area contributed by atoms with Crippen molar-refractivity contribution in [1.82, 2.24) is 4.98 Å². The molecule has 1 aliphatic heterocycles. The SMILES string of the molecule is OCc1cc(Oc2ccc(O)cc2)ccc1N1CC[C@H](Oc2ccccn2)C1. The largest absolute Gasteiger partial charge is 0.508 e. The summed E-state index contributed by atoms with van der Waals surface area (Å²) in [5.74, 6) is 2.09. The summed E-state index contributed by atoms with van der Waals surface area (Å²) in [6, 6.07) is 17.9. The number of rotatable bonds is 6. The van der Waals surface area contributed by atoms with Gasteiger partial charge in [0.1, 0.15) is 23.4 Å². The number of benzene rings is 2. The number of aliphatic hydroxyl groups is 1. The third kappa shape index (κ3) is 4.18.